The molecule has 112 valence electrons. The number of aromatic nitrogens is 1. The van der Waals surface area contributed by atoms with Crippen molar-refractivity contribution in [3.05, 3.63) is 34.9 Å². The third-order valence-electron chi connectivity index (χ3n) is 4.22. The lowest BCUT2D eigenvalue weighted by Crippen LogP contribution is -2.30. The maximum Gasteiger partial charge on any atom is 0.162 e. The number of anilines is 1. The molecule has 1 aromatic heterocycles. The molecule has 2 heterocycles. The molecule has 1 aromatic carbocycles. The standard InChI is InChI=1S/C18H19N3O/c1-12-8-15(13(2)22)18-16(9-12)14(11-19)10-17(20-18)21-6-4-3-5-7-21/h8-10H,3-7H2,1-2H3. The van der Waals surface area contributed by atoms with Crippen LogP contribution in [-0.4, -0.2) is 23.9 Å². The number of nitrogens with zero attached hydrogens (tertiary/aromatic N) is 3. The number of benzene rings is 1. The van der Waals surface area contributed by atoms with Crippen LogP contribution in [0.2, 0.25) is 0 Å². The maximum atomic E-state index is 12.0. The Morgan fingerprint density at radius 1 is 1.23 bits per heavy atom. The molecule has 0 spiro atoms. The number of rotatable bonds is 2. The van der Waals surface area contributed by atoms with Crippen molar-refractivity contribution in [1.82, 2.24) is 4.98 Å². The van der Waals surface area contributed by atoms with E-state index in [0.29, 0.717) is 16.6 Å². The van der Waals surface area contributed by atoms with Crippen molar-refractivity contribution in [2.24, 2.45) is 0 Å². The Bertz CT molecular complexity index is 783. The summed E-state index contributed by atoms with van der Waals surface area (Å²) in [5.74, 6) is 0.802. The summed E-state index contributed by atoms with van der Waals surface area (Å²) in [6.07, 6.45) is 3.54. The van der Waals surface area contributed by atoms with Crippen molar-refractivity contribution in [3.63, 3.8) is 0 Å². The third kappa shape index (κ3) is 2.55. The van der Waals surface area contributed by atoms with E-state index in [9.17, 15) is 10.1 Å². The highest BCUT2D eigenvalue weighted by atomic mass is 16.1. The molecule has 0 saturated carbocycles. The highest BCUT2D eigenvalue weighted by molar-refractivity contribution is 6.07. The minimum atomic E-state index is -0.0131. The summed E-state index contributed by atoms with van der Waals surface area (Å²) >= 11 is 0. The van der Waals surface area contributed by atoms with Crippen LogP contribution in [-0.2, 0) is 0 Å². The molecule has 0 radical (unpaired) electrons. The van der Waals surface area contributed by atoms with Gasteiger partial charge in [-0.25, -0.2) is 4.98 Å². The average Bonchev–Trinajstić information content (AvgIpc) is 2.53. The fourth-order valence-corrected chi connectivity index (χ4v) is 3.10. The first-order chi connectivity index (χ1) is 10.6. The molecule has 0 atom stereocenters. The molecule has 22 heavy (non-hydrogen) atoms. The summed E-state index contributed by atoms with van der Waals surface area (Å²) in [6.45, 7) is 5.41. The number of piperidine rings is 1. The Balaban J connectivity index is 2.25. The topological polar surface area (TPSA) is 57.0 Å². The van der Waals surface area contributed by atoms with Crippen molar-refractivity contribution in [1.29, 1.82) is 5.26 Å². The second kappa shape index (κ2) is 5.76. The van der Waals surface area contributed by atoms with Crippen LogP contribution in [0.1, 0.15) is 47.7 Å². The first-order valence-corrected chi connectivity index (χ1v) is 7.71. The van der Waals surface area contributed by atoms with Gasteiger partial charge in [-0.2, -0.15) is 5.26 Å². The van der Waals surface area contributed by atoms with Gasteiger partial charge in [0.05, 0.1) is 17.1 Å². The van der Waals surface area contributed by atoms with Gasteiger partial charge in [0, 0.05) is 24.0 Å². The SMILES string of the molecule is CC(=O)c1cc(C)cc2c(C#N)cc(N3CCCCC3)nc12. The highest BCUT2D eigenvalue weighted by Gasteiger charge is 2.17. The summed E-state index contributed by atoms with van der Waals surface area (Å²) in [4.78, 5) is 18.9. The second-order valence-corrected chi connectivity index (χ2v) is 5.95. The smallest absolute Gasteiger partial charge is 0.162 e. The summed E-state index contributed by atoms with van der Waals surface area (Å²) in [5.41, 5.74) is 2.82. The lowest BCUT2D eigenvalue weighted by molar-refractivity contribution is 0.101. The van der Waals surface area contributed by atoms with Gasteiger partial charge < -0.3 is 4.90 Å². The van der Waals surface area contributed by atoms with Gasteiger partial charge in [-0.1, -0.05) is 0 Å². The Morgan fingerprint density at radius 2 is 1.95 bits per heavy atom. The summed E-state index contributed by atoms with van der Waals surface area (Å²) in [7, 11) is 0. The molecule has 4 nitrogen and oxygen atoms in total. The zero-order valence-electron chi connectivity index (χ0n) is 13.0. The van der Waals surface area contributed by atoms with E-state index in [2.05, 4.69) is 11.0 Å². The second-order valence-electron chi connectivity index (χ2n) is 5.95. The van der Waals surface area contributed by atoms with Crippen LogP contribution in [0.5, 0.6) is 0 Å². The summed E-state index contributed by atoms with van der Waals surface area (Å²) in [6, 6.07) is 7.92. The molecule has 1 aliphatic rings. The monoisotopic (exact) mass is 293 g/mol. The zero-order valence-corrected chi connectivity index (χ0v) is 13.0. The van der Waals surface area contributed by atoms with Gasteiger partial charge in [0.1, 0.15) is 5.82 Å². The van der Waals surface area contributed by atoms with Gasteiger partial charge >= 0.3 is 0 Å². The van der Waals surface area contributed by atoms with Gasteiger partial charge in [-0.15, -0.1) is 0 Å². The quantitative estimate of drug-likeness (QED) is 0.794. The van der Waals surface area contributed by atoms with Crippen molar-refractivity contribution in [2.75, 3.05) is 18.0 Å². The Kier molecular flexibility index (Phi) is 3.81. The molecule has 0 N–H and O–H groups in total. The van der Waals surface area contributed by atoms with Gasteiger partial charge in [0.2, 0.25) is 0 Å². The molecular weight excluding hydrogens is 274 g/mol. The summed E-state index contributed by atoms with van der Waals surface area (Å²) < 4.78 is 0. The Hall–Kier alpha value is -2.41. The highest BCUT2D eigenvalue weighted by Crippen LogP contribution is 2.28. The van der Waals surface area contributed by atoms with E-state index < -0.39 is 0 Å². The number of aryl methyl sites for hydroxylation is 1. The lowest BCUT2D eigenvalue weighted by atomic mass is 10.00. The van der Waals surface area contributed by atoms with Crippen LogP contribution >= 0.6 is 0 Å². The molecule has 3 rings (SSSR count). The number of pyridine rings is 1. The normalized spacial score (nSPS) is 14.9. The molecule has 0 bridgehead atoms. The van der Waals surface area contributed by atoms with Crippen LogP contribution in [0.25, 0.3) is 10.9 Å². The Morgan fingerprint density at radius 3 is 2.59 bits per heavy atom. The van der Waals surface area contributed by atoms with Gasteiger partial charge in [0.25, 0.3) is 0 Å². The number of hydrogen-bond acceptors (Lipinski definition) is 4. The fraction of sp³-hybridized carbons (Fsp3) is 0.389. The van der Waals surface area contributed by atoms with Crippen molar-refractivity contribution in [3.8, 4) is 6.07 Å². The van der Waals surface area contributed by atoms with Crippen LogP contribution in [0.4, 0.5) is 5.82 Å². The van der Waals surface area contributed by atoms with Gasteiger partial charge in [-0.05, 0) is 56.9 Å². The first kappa shape index (κ1) is 14.5. The van der Waals surface area contributed by atoms with E-state index in [1.165, 1.54) is 6.42 Å². The van der Waals surface area contributed by atoms with E-state index in [1.54, 1.807) is 6.92 Å². The first-order valence-electron chi connectivity index (χ1n) is 7.71. The fourth-order valence-electron chi connectivity index (χ4n) is 3.10. The number of carbonyl (C=O) groups is 1. The molecule has 1 saturated heterocycles. The molecule has 2 aromatic rings. The summed E-state index contributed by atoms with van der Waals surface area (Å²) in [5, 5.41) is 10.3. The van der Waals surface area contributed by atoms with E-state index in [1.807, 2.05) is 25.1 Å². The number of carbonyl (C=O) groups excluding carboxylic acids is 1. The number of nitriles is 1. The van der Waals surface area contributed by atoms with Crippen LogP contribution in [0.15, 0.2) is 18.2 Å². The number of ketones is 1. The van der Waals surface area contributed by atoms with Crippen molar-refractivity contribution >= 4 is 22.5 Å². The van der Waals surface area contributed by atoms with Gasteiger partial charge in [-0.3, -0.25) is 4.79 Å². The number of fused-ring (bicyclic) bond motifs is 1. The number of hydrogen-bond donors (Lipinski definition) is 0. The molecule has 1 aliphatic heterocycles. The predicted molar refractivity (Wildman–Crippen MR) is 87.3 cm³/mol. The largest absolute Gasteiger partial charge is 0.357 e. The van der Waals surface area contributed by atoms with Crippen LogP contribution in [0.3, 0.4) is 0 Å². The zero-order chi connectivity index (χ0) is 15.7. The minimum absolute atomic E-state index is 0.0131. The van der Waals surface area contributed by atoms with E-state index in [4.69, 9.17) is 4.98 Å². The predicted octanol–water partition coefficient (Wildman–Crippen LogP) is 3.61. The molecule has 0 aliphatic carbocycles. The molecule has 0 amide bonds. The maximum absolute atomic E-state index is 12.0. The Labute approximate surface area is 130 Å². The lowest BCUT2D eigenvalue weighted by Gasteiger charge is -2.28. The molecule has 0 unspecified atom stereocenters. The van der Waals surface area contributed by atoms with E-state index in [0.717, 1.165) is 42.7 Å². The molecule has 1 fully saturated rings. The third-order valence-corrected chi connectivity index (χ3v) is 4.22. The minimum Gasteiger partial charge on any atom is -0.357 e. The molecular formula is C18H19N3O. The van der Waals surface area contributed by atoms with E-state index >= 15 is 0 Å². The van der Waals surface area contributed by atoms with Crippen LogP contribution in [0, 0.1) is 18.3 Å². The van der Waals surface area contributed by atoms with Crippen molar-refractivity contribution < 1.29 is 4.79 Å². The van der Waals surface area contributed by atoms with E-state index in [-0.39, 0.29) is 5.78 Å². The average molecular weight is 293 g/mol. The number of Topliss-reactive ketones (excluding diaryl/α,β-unsaturated/α-hetero) is 1. The van der Waals surface area contributed by atoms with Crippen molar-refractivity contribution in [2.45, 2.75) is 33.1 Å². The van der Waals surface area contributed by atoms with Gasteiger partial charge in [0.15, 0.2) is 5.78 Å². The van der Waals surface area contributed by atoms with Crippen LogP contribution < -0.4 is 4.90 Å². The molecule has 4 heteroatoms.